The molecule has 0 saturated carbocycles. The summed E-state index contributed by atoms with van der Waals surface area (Å²) in [5, 5.41) is 0. The van der Waals surface area contributed by atoms with Crippen LogP contribution in [0, 0.1) is 0 Å². The van der Waals surface area contributed by atoms with Crippen molar-refractivity contribution in [2.75, 3.05) is 20.8 Å². The summed E-state index contributed by atoms with van der Waals surface area (Å²) < 4.78 is 23.6. The van der Waals surface area contributed by atoms with Crippen LogP contribution in [0.15, 0.2) is 66.7 Å². The van der Waals surface area contributed by atoms with Crippen molar-refractivity contribution in [2.45, 2.75) is 32.3 Å². The molecule has 0 amide bonds. The lowest BCUT2D eigenvalue weighted by Crippen LogP contribution is -2.31. The van der Waals surface area contributed by atoms with Crippen LogP contribution in [0.2, 0.25) is 0 Å². The summed E-state index contributed by atoms with van der Waals surface area (Å²) in [4.78, 5) is 0. The fourth-order valence-electron chi connectivity index (χ4n) is 4.13. The summed E-state index contributed by atoms with van der Waals surface area (Å²) in [6.07, 6.45) is 3.78. The zero-order valence-corrected chi connectivity index (χ0v) is 19.2. The van der Waals surface area contributed by atoms with Gasteiger partial charge in [0.25, 0.3) is 0 Å². The number of fused-ring (bicyclic) bond motifs is 1. The van der Waals surface area contributed by atoms with Gasteiger partial charge in [-0.15, -0.1) is 0 Å². The summed E-state index contributed by atoms with van der Waals surface area (Å²) in [5.41, 5.74) is 3.78. The van der Waals surface area contributed by atoms with Crippen LogP contribution in [0.4, 0.5) is 0 Å². The van der Waals surface area contributed by atoms with Gasteiger partial charge in [-0.25, -0.2) is 0 Å². The maximum Gasteiger partial charge on any atom is 0.161 e. The Morgan fingerprint density at radius 3 is 2.22 bits per heavy atom. The van der Waals surface area contributed by atoms with Gasteiger partial charge in [0.15, 0.2) is 11.5 Å². The summed E-state index contributed by atoms with van der Waals surface area (Å²) in [6, 6.07) is 22.6. The molecule has 0 aromatic heterocycles. The highest BCUT2D eigenvalue weighted by Gasteiger charge is 2.36. The normalized spacial score (nSPS) is 17.1. The molecule has 0 bridgehead atoms. The first kappa shape index (κ1) is 21.8. The van der Waals surface area contributed by atoms with E-state index in [0.29, 0.717) is 18.1 Å². The minimum absolute atomic E-state index is 0.572. The van der Waals surface area contributed by atoms with E-state index in [-0.39, 0.29) is 0 Å². The number of hydrogen-bond donors (Lipinski definition) is 0. The number of ether oxygens (including phenoxy) is 4. The van der Waals surface area contributed by atoms with E-state index in [4.69, 9.17) is 18.9 Å². The molecule has 0 N–H and O–H groups in total. The average molecular weight is 431 g/mol. The molecule has 0 fully saturated rings. The summed E-state index contributed by atoms with van der Waals surface area (Å²) >= 11 is 0. The standard InChI is InChI=1S/C28H30O4/c1-5-15-31-23-13-11-21(12-14-23)25-16-22-17-26(29-3)27(30-4)18-24(22)28(2,32-25)19-20-9-7-6-8-10-20/h6-14,16-18H,5,15,19H2,1-4H3. The van der Waals surface area contributed by atoms with Crippen molar-refractivity contribution >= 4 is 11.8 Å². The molecule has 32 heavy (non-hydrogen) atoms. The summed E-state index contributed by atoms with van der Waals surface area (Å²) in [6.45, 7) is 4.95. The third kappa shape index (κ3) is 4.45. The summed E-state index contributed by atoms with van der Waals surface area (Å²) in [5.74, 6) is 3.09. The van der Waals surface area contributed by atoms with Gasteiger partial charge in [0.1, 0.15) is 17.1 Å². The molecule has 1 aliphatic heterocycles. The molecule has 1 aliphatic rings. The van der Waals surface area contributed by atoms with Gasteiger partial charge in [-0.2, -0.15) is 0 Å². The van der Waals surface area contributed by atoms with E-state index in [1.165, 1.54) is 5.56 Å². The van der Waals surface area contributed by atoms with Gasteiger partial charge >= 0.3 is 0 Å². The smallest absolute Gasteiger partial charge is 0.161 e. The highest BCUT2D eigenvalue weighted by molar-refractivity contribution is 5.82. The fraction of sp³-hybridized carbons (Fsp3) is 0.286. The second-order valence-electron chi connectivity index (χ2n) is 8.17. The van der Waals surface area contributed by atoms with E-state index in [0.717, 1.165) is 41.0 Å². The lowest BCUT2D eigenvalue weighted by atomic mass is 9.83. The maximum atomic E-state index is 6.71. The quantitative estimate of drug-likeness (QED) is 0.410. The first-order valence-corrected chi connectivity index (χ1v) is 11.0. The molecular formula is C28H30O4. The van der Waals surface area contributed by atoms with E-state index < -0.39 is 5.60 Å². The van der Waals surface area contributed by atoms with Crippen LogP contribution in [0.3, 0.4) is 0 Å². The lowest BCUT2D eigenvalue weighted by Gasteiger charge is -2.37. The van der Waals surface area contributed by atoms with Crippen molar-refractivity contribution in [1.29, 1.82) is 0 Å². The van der Waals surface area contributed by atoms with Crippen LogP contribution in [-0.4, -0.2) is 20.8 Å². The van der Waals surface area contributed by atoms with E-state index in [9.17, 15) is 0 Å². The molecule has 0 aliphatic carbocycles. The zero-order valence-electron chi connectivity index (χ0n) is 19.2. The fourth-order valence-corrected chi connectivity index (χ4v) is 4.13. The molecule has 4 rings (SSSR count). The highest BCUT2D eigenvalue weighted by Crippen LogP contribution is 2.45. The zero-order chi connectivity index (χ0) is 22.6. The van der Waals surface area contributed by atoms with Gasteiger partial charge in [0.2, 0.25) is 0 Å². The molecule has 166 valence electrons. The second kappa shape index (κ2) is 9.39. The molecule has 3 aromatic rings. The molecule has 0 spiro atoms. The molecule has 3 aromatic carbocycles. The van der Waals surface area contributed by atoms with Crippen LogP contribution < -0.4 is 14.2 Å². The molecule has 4 nitrogen and oxygen atoms in total. The van der Waals surface area contributed by atoms with E-state index >= 15 is 0 Å². The lowest BCUT2D eigenvalue weighted by molar-refractivity contribution is 0.0528. The topological polar surface area (TPSA) is 36.9 Å². The number of rotatable bonds is 8. The van der Waals surface area contributed by atoms with Gasteiger partial charge < -0.3 is 18.9 Å². The number of methoxy groups -OCH3 is 2. The molecular weight excluding hydrogens is 400 g/mol. The summed E-state index contributed by atoms with van der Waals surface area (Å²) in [7, 11) is 3.32. The second-order valence-corrected chi connectivity index (χ2v) is 8.17. The van der Waals surface area contributed by atoms with E-state index in [1.807, 2.05) is 42.5 Å². The Labute approximate surface area is 190 Å². The van der Waals surface area contributed by atoms with Crippen molar-refractivity contribution in [3.8, 4) is 17.2 Å². The largest absolute Gasteiger partial charge is 0.494 e. The SMILES string of the molecule is CCCOc1ccc(C2=Cc3cc(OC)c(OC)cc3C(C)(Cc3ccccc3)O2)cc1. The first-order chi connectivity index (χ1) is 15.6. The Kier molecular flexibility index (Phi) is 6.40. The van der Waals surface area contributed by atoms with Gasteiger partial charge in [-0.1, -0.05) is 37.3 Å². The van der Waals surface area contributed by atoms with Crippen LogP contribution in [-0.2, 0) is 16.8 Å². The third-order valence-corrected chi connectivity index (χ3v) is 5.74. The molecule has 1 heterocycles. The van der Waals surface area contributed by atoms with E-state index in [1.54, 1.807) is 14.2 Å². The van der Waals surface area contributed by atoms with Gasteiger partial charge in [-0.05, 0) is 66.9 Å². The molecule has 0 saturated heterocycles. The Hall–Kier alpha value is -3.40. The van der Waals surface area contributed by atoms with Crippen molar-refractivity contribution in [3.63, 3.8) is 0 Å². The van der Waals surface area contributed by atoms with Crippen LogP contribution in [0.5, 0.6) is 17.2 Å². The van der Waals surface area contributed by atoms with Crippen LogP contribution in [0.1, 0.15) is 42.5 Å². The predicted octanol–water partition coefficient (Wildman–Crippen LogP) is 6.48. The minimum Gasteiger partial charge on any atom is -0.494 e. The highest BCUT2D eigenvalue weighted by atomic mass is 16.5. The Morgan fingerprint density at radius 1 is 0.875 bits per heavy atom. The molecule has 0 radical (unpaired) electrons. The first-order valence-electron chi connectivity index (χ1n) is 11.0. The van der Waals surface area contributed by atoms with Crippen molar-refractivity contribution in [3.05, 3.63) is 89.0 Å². The maximum absolute atomic E-state index is 6.71. The predicted molar refractivity (Wildman–Crippen MR) is 128 cm³/mol. The van der Waals surface area contributed by atoms with Gasteiger partial charge in [0.05, 0.1) is 20.8 Å². The molecule has 1 atom stereocenters. The number of benzene rings is 3. The Morgan fingerprint density at radius 2 is 1.56 bits per heavy atom. The van der Waals surface area contributed by atoms with Crippen molar-refractivity contribution < 1.29 is 18.9 Å². The van der Waals surface area contributed by atoms with Crippen molar-refractivity contribution in [1.82, 2.24) is 0 Å². The average Bonchev–Trinajstić information content (AvgIpc) is 2.82. The Balaban J connectivity index is 1.77. The molecule has 1 unspecified atom stereocenters. The Bertz CT molecular complexity index is 1090. The van der Waals surface area contributed by atoms with Gasteiger partial charge in [0, 0.05) is 17.5 Å². The monoisotopic (exact) mass is 430 g/mol. The van der Waals surface area contributed by atoms with Crippen molar-refractivity contribution in [2.24, 2.45) is 0 Å². The minimum atomic E-state index is -0.572. The molecule has 4 heteroatoms. The van der Waals surface area contributed by atoms with E-state index in [2.05, 4.69) is 44.2 Å². The number of hydrogen-bond acceptors (Lipinski definition) is 4. The van der Waals surface area contributed by atoms with Crippen LogP contribution in [0.25, 0.3) is 11.8 Å². The van der Waals surface area contributed by atoms with Gasteiger partial charge in [-0.3, -0.25) is 0 Å². The third-order valence-electron chi connectivity index (χ3n) is 5.74. The van der Waals surface area contributed by atoms with Crippen LogP contribution >= 0.6 is 0 Å².